The molecular formula is C10H17N3OS. The highest BCUT2D eigenvalue weighted by molar-refractivity contribution is 8.00. The first kappa shape index (κ1) is 12.3. The Kier molecular flexibility index (Phi) is 4.35. The molecule has 0 saturated heterocycles. The van der Waals surface area contributed by atoms with Gasteiger partial charge in [0.2, 0.25) is 0 Å². The standard InChI is InChI=1S/C10H17N3OS/c1-10(2,15-4)13-9-5-8(6-14-3)11-7-12-9/h5,7H,6H2,1-4H3,(H,11,12,13). The minimum atomic E-state index is -0.0291. The Bertz CT molecular complexity index is 317. The van der Waals surface area contributed by atoms with E-state index in [2.05, 4.69) is 35.4 Å². The van der Waals surface area contributed by atoms with Crippen molar-refractivity contribution in [2.75, 3.05) is 18.7 Å². The first-order valence-corrected chi connectivity index (χ1v) is 5.93. The van der Waals surface area contributed by atoms with E-state index in [1.807, 2.05) is 6.07 Å². The zero-order valence-electron chi connectivity index (χ0n) is 9.57. The van der Waals surface area contributed by atoms with Crippen LogP contribution in [0.15, 0.2) is 12.4 Å². The van der Waals surface area contributed by atoms with Gasteiger partial charge in [-0.1, -0.05) is 0 Å². The van der Waals surface area contributed by atoms with Crippen LogP contribution in [0.4, 0.5) is 5.82 Å². The molecule has 0 amide bonds. The van der Waals surface area contributed by atoms with Gasteiger partial charge in [0.1, 0.15) is 12.1 Å². The van der Waals surface area contributed by atoms with Gasteiger partial charge in [-0.05, 0) is 20.1 Å². The normalized spacial score (nSPS) is 11.5. The second kappa shape index (κ2) is 5.32. The Morgan fingerprint density at radius 2 is 2.20 bits per heavy atom. The van der Waals surface area contributed by atoms with Gasteiger partial charge in [-0.25, -0.2) is 9.97 Å². The van der Waals surface area contributed by atoms with Crippen LogP contribution in [0.25, 0.3) is 0 Å². The molecule has 1 rings (SSSR count). The predicted octanol–water partition coefficient (Wildman–Crippen LogP) is 2.13. The molecule has 4 nitrogen and oxygen atoms in total. The van der Waals surface area contributed by atoms with Gasteiger partial charge in [-0.2, -0.15) is 0 Å². The van der Waals surface area contributed by atoms with Crippen LogP contribution in [0.1, 0.15) is 19.5 Å². The first-order valence-electron chi connectivity index (χ1n) is 4.70. The molecule has 1 heterocycles. The molecule has 0 atom stereocenters. The van der Waals surface area contributed by atoms with Crippen LogP contribution in [0, 0.1) is 0 Å². The summed E-state index contributed by atoms with van der Waals surface area (Å²) in [4.78, 5) is 8.24. The van der Waals surface area contributed by atoms with Crippen LogP contribution in [0.5, 0.6) is 0 Å². The molecule has 1 aromatic rings. The highest BCUT2D eigenvalue weighted by atomic mass is 32.2. The smallest absolute Gasteiger partial charge is 0.130 e. The van der Waals surface area contributed by atoms with Gasteiger partial charge in [0.25, 0.3) is 0 Å². The molecule has 84 valence electrons. The number of aromatic nitrogens is 2. The summed E-state index contributed by atoms with van der Waals surface area (Å²) in [6.07, 6.45) is 3.61. The maximum absolute atomic E-state index is 5.02. The Labute approximate surface area is 94.8 Å². The van der Waals surface area contributed by atoms with Gasteiger partial charge >= 0.3 is 0 Å². The molecule has 0 aliphatic carbocycles. The zero-order valence-corrected chi connectivity index (χ0v) is 10.4. The number of ether oxygens (including phenoxy) is 1. The molecule has 0 unspecified atom stereocenters. The summed E-state index contributed by atoms with van der Waals surface area (Å²) >= 11 is 1.74. The second-order valence-electron chi connectivity index (χ2n) is 3.67. The van der Waals surface area contributed by atoms with Crippen molar-refractivity contribution in [2.45, 2.75) is 25.3 Å². The van der Waals surface area contributed by atoms with Gasteiger partial charge in [0.05, 0.1) is 17.2 Å². The van der Waals surface area contributed by atoms with E-state index in [0.717, 1.165) is 11.5 Å². The molecule has 0 radical (unpaired) electrons. The first-order chi connectivity index (χ1) is 7.07. The maximum atomic E-state index is 5.02. The molecule has 0 aliphatic heterocycles. The predicted molar refractivity (Wildman–Crippen MR) is 64.0 cm³/mol. The fraction of sp³-hybridized carbons (Fsp3) is 0.600. The van der Waals surface area contributed by atoms with E-state index in [4.69, 9.17) is 4.74 Å². The summed E-state index contributed by atoms with van der Waals surface area (Å²) in [5, 5.41) is 3.32. The van der Waals surface area contributed by atoms with Gasteiger partial charge < -0.3 is 10.1 Å². The third-order valence-corrected chi connectivity index (χ3v) is 3.08. The SMILES string of the molecule is COCc1cc(NC(C)(C)SC)ncn1. The van der Waals surface area contributed by atoms with Crippen molar-refractivity contribution in [3.8, 4) is 0 Å². The van der Waals surface area contributed by atoms with E-state index < -0.39 is 0 Å². The van der Waals surface area contributed by atoms with Crippen LogP contribution in [0.3, 0.4) is 0 Å². The van der Waals surface area contributed by atoms with Crippen LogP contribution in [-0.2, 0) is 11.3 Å². The summed E-state index contributed by atoms with van der Waals surface area (Å²) in [7, 11) is 1.65. The number of nitrogens with one attached hydrogen (secondary N) is 1. The number of rotatable bonds is 5. The second-order valence-corrected chi connectivity index (χ2v) is 5.10. The lowest BCUT2D eigenvalue weighted by Crippen LogP contribution is -2.26. The Morgan fingerprint density at radius 3 is 2.80 bits per heavy atom. The maximum Gasteiger partial charge on any atom is 0.130 e. The minimum Gasteiger partial charge on any atom is -0.378 e. The quantitative estimate of drug-likeness (QED) is 0.781. The molecule has 0 aliphatic rings. The molecule has 1 aromatic heterocycles. The van der Waals surface area contributed by atoms with Gasteiger partial charge in [0, 0.05) is 13.2 Å². The van der Waals surface area contributed by atoms with Crippen LogP contribution in [-0.4, -0.2) is 28.2 Å². The lowest BCUT2D eigenvalue weighted by molar-refractivity contribution is 0.181. The highest BCUT2D eigenvalue weighted by Gasteiger charge is 2.15. The Balaban J connectivity index is 2.73. The Hall–Kier alpha value is -0.810. The number of hydrogen-bond donors (Lipinski definition) is 1. The van der Waals surface area contributed by atoms with E-state index in [0.29, 0.717) is 6.61 Å². The summed E-state index contributed by atoms with van der Waals surface area (Å²) in [5.41, 5.74) is 0.881. The monoisotopic (exact) mass is 227 g/mol. The number of anilines is 1. The van der Waals surface area contributed by atoms with Crippen molar-refractivity contribution in [1.29, 1.82) is 0 Å². The summed E-state index contributed by atoms with van der Waals surface area (Å²) < 4.78 is 5.02. The third-order valence-electron chi connectivity index (χ3n) is 1.96. The van der Waals surface area contributed by atoms with Gasteiger partial charge in [-0.3, -0.25) is 0 Å². The molecule has 15 heavy (non-hydrogen) atoms. The Morgan fingerprint density at radius 1 is 1.47 bits per heavy atom. The zero-order chi connectivity index (χ0) is 11.3. The molecular weight excluding hydrogens is 210 g/mol. The van der Waals surface area contributed by atoms with E-state index in [1.165, 1.54) is 0 Å². The number of thioether (sulfide) groups is 1. The molecule has 0 bridgehead atoms. The molecule has 0 saturated carbocycles. The van der Waals surface area contributed by atoms with Crippen molar-refractivity contribution in [3.05, 3.63) is 18.1 Å². The van der Waals surface area contributed by atoms with Crippen molar-refractivity contribution < 1.29 is 4.74 Å². The summed E-state index contributed by atoms with van der Waals surface area (Å²) in [6, 6.07) is 1.90. The topological polar surface area (TPSA) is 47.0 Å². The fourth-order valence-electron chi connectivity index (χ4n) is 1.05. The van der Waals surface area contributed by atoms with Crippen LogP contribution >= 0.6 is 11.8 Å². The van der Waals surface area contributed by atoms with Gasteiger partial charge in [0.15, 0.2) is 0 Å². The number of methoxy groups -OCH3 is 1. The van der Waals surface area contributed by atoms with Crippen molar-refractivity contribution >= 4 is 17.6 Å². The summed E-state index contributed by atoms with van der Waals surface area (Å²) in [6.45, 7) is 4.72. The lowest BCUT2D eigenvalue weighted by atomic mass is 10.3. The molecule has 0 fully saturated rings. The van der Waals surface area contributed by atoms with Crippen LogP contribution < -0.4 is 5.32 Å². The lowest BCUT2D eigenvalue weighted by Gasteiger charge is -2.24. The molecule has 1 N–H and O–H groups in total. The largest absolute Gasteiger partial charge is 0.378 e. The number of nitrogens with zero attached hydrogens (tertiary/aromatic N) is 2. The molecule has 5 heteroatoms. The van der Waals surface area contributed by atoms with Crippen molar-refractivity contribution in [1.82, 2.24) is 9.97 Å². The minimum absolute atomic E-state index is 0.0291. The highest BCUT2D eigenvalue weighted by Crippen LogP contribution is 2.22. The summed E-state index contributed by atoms with van der Waals surface area (Å²) in [5.74, 6) is 0.830. The average molecular weight is 227 g/mol. The third kappa shape index (κ3) is 4.05. The molecule has 0 spiro atoms. The van der Waals surface area contributed by atoms with E-state index in [9.17, 15) is 0 Å². The van der Waals surface area contributed by atoms with Crippen LogP contribution in [0.2, 0.25) is 0 Å². The molecule has 0 aromatic carbocycles. The van der Waals surface area contributed by atoms with Gasteiger partial charge in [-0.15, -0.1) is 11.8 Å². The number of hydrogen-bond acceptors (Lipinski definition) is 5. The average Bonchev–Trinajstić information content (AvgIpc) is 2.18. The van der Waals surface area contributed by atoms with Crippen molar-refractivity contribution in [3.63, 3.8) is 0 Å². The van der Waals surface area contributed by atoms with E-state index >= 15 is 0 Å². The van der Waals surface area contributed by atoms with Crippen molar-refractivity contribution in [2.24, 2.45) is 0 Å². The fourth-order valence-corrected chi connectivity index (χ4v) is 1.26. The van der Waals surface area contributed by atoms with E-state index in [1.54, 1.807) is 25.2 Å². The van der Waals surface area contributed by atoms with E-state index in [-0.39, 0.29) is 4.87 Å².